The molecule has 2 aromatic heterocycles. The Balaban J connectivity index is 0.000000502. The zero-order valence-corrected chi connectivity index (χ0v) is 32.4. The van der Waals surface area contributed by atoms with Crippen LogP contribution in [0.4, 0.5) is 4.39 Å². The summed E-state index contributed by atoms with van der Waals surface area (Å²) >= 11 is 2.48. The van der Waals surface area contributed by atoms with Gasteiger partial charge in [0.1, 0.15) is 22.8 Å². The summed E-state index contributed by atoms with van der Waals surface area (Å²) in [6, 6.07) is 16.6. The summed E-state index contributed by atoms with van der Waals surface area (Å²) in [7, 11) is 0. The minimum atomic E-state index is -0.892. The number of amides is 1. The van der Waals surface area contributed by atoms with Gasteiger partial charge in [-0.15, -0.1) is 11.3 Å². The van der Waals surface area contributed by atoms with Crippen LogP contribution in [-0.2, 0) is 17.7 Å². The average Bonchev–Trinajstić information content (AvgIpc) is 3.84. The maximum Gasteiger partial charge on any atom is 0.335 e. The highest BCUT2D eigenvalue weighted by Gasteiger charge is 2.41. The highest BCUT2D eigenvalue weighted by atomic mass is 32.1. The Morgan fingerprint density at radius 3 is 2.55 bits per heavy atom. The van der Waals surface area contributed by atoms with Gasteiger partial charge in [0.05, 0.1) is 40.1 Å². The fraction of sp³-hybridized carbons (Fsp3) is 0.400. The number of carboxylic acid groups (broad SMARTS) is 1. The number of benzene rings is 3. The van der Waals surface area contributed by atoms with Gasteiger partial charge in [-0.25, -0.2) is 14.2 Å². The number of hydrogen-bond donors (Lipinski definition) is 5. The summed E-state index contributed by atoms with van der Waals surface area (Å²) in [4.78, 5) is 46.3. The van der Waals surface area contributed by atoms with Crippen LogP contribution in [-0.4, -0.2) is 98.4 Å². The van der Waals surface area contributed by atoms with Gasteiger partial charge in [-0.05, 0) is 61.2 Å². The highest BCUT2D eigenvalue weighted by Crippen LogP contribution is 2.33. The molecule has 15 heteroatoms. The molecule has 2 fully saturated rings. The fourth-order valence-corrected chi connectivity index (χ4v) is 8.61. The molecule has 2 saturated heterocycles. The van der Waals surface area contributed by atoms with Gasteiger partial charge < -0.3 is 35.3 Å². The molecule has 0 bridgehead atoms. The third-order valence-corrected chi connectivity index (χ3v) is 12.0. The van der Waals surface area contributed by atoms with Crippen molar-refractivity contribution < 1.29 is 34.0 Å². The minimum Gasteiger partial charge on any atom is -0.506 e. The first-order valence-electron chi connectivity index (χ1n) is 18.3. The van der Waals surface area contributed by atoms with Crippen molar-refractivity contribution in [3.63, 3.8) is 0 Å². The summed E-state index contributed by atoms with van der Waals surface area (Å²) in [5, 5.41) is 35.2. The van der Waals surface area contributed by atoms with Crippen LogP contribution in [0.25, 0.3) is 10.2 Å². The minimum absolute atomic E-state index is 0.0206. The van der Waals surface area contributed by atoms with Crippen LogP contribution in [0.2, 0.25) is 0 Å². The molecule has 2 aliphatic heterocycles. The number of phenols is 1. The number of piperidine rings is 1. The highest BCUT2D eigenvalue weighted by molar-refractivity contribution is 7.16. The Morgan fingerprint density at radius 2 is 1.85 bits per heavy atom. The van der Waals surface area contributed by atoms with Crippen LogP contribution in [0.3, 0.4) is 0 Å². The smallest absolute Gasteiger partial charge is 0.335 e. The molecular weight excluding hydrogens is 746 g/mol. The third-order valence-electron chi connectivity index (χ3n) is 9.93. The van der Waals surface area contributed by atoms with E-state index in [0.29, 0.717) is 77.7 Å². The number of carboxylic acids is 1. The number of H-pyrrole nitrogens is 1. The molecular formula is C40H46FN5O7S2. The molecule has 1 spiro atoms. The Morgan fingerprint density at radius 1 is 1.09 bits per heavy atom. The van der Waals surface area contributed by atoms with Gasteiger partial charge in [-0.2, -0.15) is 0 Å². The maximum atomic E-state index is 14.7. The van der Waals surface area contributed by atoms with E-state index in [4.69, 9.17) is 9.84 Å². The number of nitrogens with zero attached hydrogens (tertiary/aromatic N) is 3. The predicted molar refractivity (Wildman–Crippen MR) is 211 cm³/mol. The molecule has 0 radical (unpaired) electrons. The quantitative estimate of drug-likeness (QED) is 0.104. The number of aliphatic hydroxyl groups excluding tert-OH is 1. The number of nitrogens with one attached hydrogen (secondary N) is 2. The lowest BCUT2D eigenvalue weighted by molar-refractivity contribution is -0.128. The number of aromatic amines is 1. The summed E-state index contributed by atoms with van der Waals surface area (Å²) in [6.45, 7) is 8.84. The molecule has 5 N–H and O–H groups in total. The molecule has 0 saturated carbocycles. The number of aliphatic hydroxyl groups is 1. The second-order valence-corrected chi connectivity index (χ2v) is 16.1. The number of aromatic carboxylic acids is 1. The number of ether oxygens (including phenoxy) is 1. The average molecular weight is 792 g/mol. The summed E-state index contributed by atoms with van der Waals surface area (Å²) in [5.41, 5.74) is 3.02. The normalized spacial score (nSPS) is 16.3. The van der Waals surface area contributed by atoms with Crippen LogP contribution in [0, 0.1) is 5.82 Å². The molecule has 7 rings (SSSR count). The summed E-state index contributed by atoms with van der Waals surface area (Å²) < 4.78 is 21.5. The van der Waals surface area contributed by atoms with E-state index in [1.165, 1.54) is 23.5 Å². The van der Waals surface area contributed by atoms with Gasteiger partial charge in [-0.1, -0.05) is 61.6 Å². The topological polar surface area (TPSA) is 168 Å². The monoisotopic (exact) mass is 791 g/mol. The van der Waals surface area contributed by atoms with Gasteiger partial charge in [0.2, 0.25) is 0 Å². The maximum absolute atomic E-state index is 14.7. The van der Waals surface area contributed by atoms with Gasteiger partial charge in [0.25, 0.3) is 5.91 Å². The van der Waals surface area contributed by atoms with E-state index in [-0.39, 0.29) is 34.5 Å². The van der Waals surface area contributed by atoms with Crippen LogP contribution in [0.1, 0.15) is 81.3 Å². The molecule has 3 aromatic carbocycles. The van der Waals surface area contributed by atoms with Crippen LogP contribution >= 0.6 is 22.7 Å². The van der Waals surface area contributed by atoms with E-state index in [2.05, 4.69) is 34.0 Å². The van der Waals surface area contributed by atoms with Crippen LogP contribution < -0.4 is 10.2 Å². The van der Waals surface area contributed by atoms with Crippen molar-refractivity contribution in [3.8, 4) is 5.75 Å². The molecule has 0 aliphatic carbocycles. The van der Waals surface area contributed by atoms with E-state index in [0.717, 1.165) is 47.8 Å². The molecule has 4 heterocycles. The summed E-state index contributed by atoms with van der Waals surface area (Å²) in [5.74, 6) is -0.903. The standard InChI is InChI=1S/C33H40FN5O5S2.C7H6O2/c1-20(2)30-36-25(18-45-30)31(42)39-13-14-44-33(19-39)8-11-38(12-9-33)17-21-3-5-24(34)22(15-21)7-10-35-16-27(41)23-4-6-26(40)28-29(23)46-32(43)37-28;8-7(9)6-4-2-1-3-5-6/h3-6,15,18,20,27,35,40-41H,7-14,16-17,19H2,1-2H3,(H,37,43);1-5H,(H,8,9)/t27-;/m0./s1. The third kappa shape index (κ3) is 10.0. The molecule has 2 aliphatic rings. The zero-order valence-electron chi connectivity index (χ0n) is 30.8. The molecule has 12 nitrogen and oxygen atoms in total. The van der Waals surface area contributed by atoms with Crippen molar-refractivity contribution in [1.29, 1.82) is 0 Å². The number of carbonyl (C=O) groups excluding carboxylic acids is 1. The van der Waals surface area contributed by atoms with Crippen LogP contribution in [0.15, 0.2) is 70.8 Å². The van der Waals surface area contributed by atoms with E-state index < -0.39 is 12.1 Å². The number of thiazole rings is 2. The molecule has 0 unspecified atom stereocenters. The Labute approximate surface area is 326 Å². The van der Waals surface area contributed by atoms with Crippen molar-refractivity contribution in [2.24, 2.45) is 0 Å². The lowest BCUT2D eigenvalue weighted by Gasteiger charge is -2.47. The molecule has 1 amide bonds. The van der Waals surface area contributed by atoms with Crippen molar-refractivity contribution in [2.45, 2.75) is 57.3 Å². The second-order valence-electron chi connectivity index (χ2n) is 14.2. The van der Waals surface area contributed by atoms with Gasteiger partial charge in [0.15, 0.2) is 0 Å². The number of rotatable bonds is 11. The first-order valence-corrected chi connectivity index (χ1v) is 20.0. The van der Waals surface area contributed by atoms with Crippen molar-refractivity contribution in [1.82, 2.24) is 25.1 Å². The first-order chi connectivity index (χ1) is 26.4. The Hall–Kier alpha value is -4.51. The van der Waals surface area contributed by atoms with Crippen LogP contribution in [0.5, 0.6) is 5.75 Å². The first kappa shape index (κ1) is 40.2. The number of morpholine rings is 1. The fourth-order valence-electron chi connectivity index (χ4n) is 6.88. The van der Waals surface area contributed by atoms with Gasteiger partial charge in [0, 0.05) is 49.6 Å². The molecule has 292 valence electrons. The Bertz CT molecular complexity index is 2150. The number of halogens is 1. The lowest BCUT2D eigenvalue weighted by Crippen LogP contribution is -2.58. The molecule has 1 atom stereocenters. The second kappa shape index (κ2) is 18.0. The SMILES string of the molecule is CC(C)c1nc(C(=O)N2CCOC3(CCN(Cc4ccc(F)c(CCNC[C@H](O)c5ccc(O)c6[nH]c(=O)sc56)c4)CC3)C2)cs1.O=C(O)c1ccccc1. The van der Waals surface area contributed by atoms with Crippen molar-refractivity contribution >= 4 is 44.8 Å². The number of carbonyl (C=O) groups is 2. The number of aromatic nitrogens is 2. The molecule has 5 aromatic rings. The van der Waals surface area contributed by atoms with E-state index >= 15 is 0 Å². The number of fused-ring (bicyclic) bond motifs is 1. The largest absolute Gasteiger partial charge is 0.506 e. The summed E-state index contributed by atoms with van der Waals surface area (Å²) in [6.07, 6.45) is 1.20. The molecule has 55 heavy (non-hydrogen) atoms. The van der Waals surface area contributed by atoms with Gasteiger partial charge >= 0.3 is 10.8 Å². The predicted octanol–water partition coefficient (Wildman–Crippen LogP) is 5.77. The Kier molecular flexibility index (Phi) is 13.1. The van der Waals surface area contributed by atoms with E-state index in [1.807, 2.05) is 22.4 Å². The number of likely N-dealkylation sites (tertiary alicyclic amines) is 1. The van der Waals surface area contributed by atoms with Crippen molar-refractivity contribution in [2.75, 3.05) is 45.9 Å². The van der Waals surface area contributed by atoms with Gasteiger partial charge in [-0.3, -0.25) is 14.5 Å². The van der Waals surface area contributed by atoms with E-state index in [1.54, 1.807) is 36.4 Å². The number of phenolic OH excluding ortho intramolecular Hbond substituents is 1. The number of hydrogen-bond acceptors (Lipinski definition) is 11. The van der Waals surface area contributed by atoms with Crippen molar-refractivity contribution in [3.05, 3.63) is 114 Å². The number of aromatic hydroxyl groups is 1. The van der Waals surface area contributed by atoms with E-state index in [9.17, 15) is 29.0 Å². The zero-order chi connectivity index (χ0) is 39.1. The lowest BCUT2D eigenvalue weighted by atomic mass is 9.89.